The van der Waals surface area contributed by atoms with Gasteiger partial charge in [0.05, 0.1) is 11.0 Å². The highest BCUT2D eigenvalue weighted by molar-refractivity contribution is 7.89. The molecule has 0 radical (unpaired) electrons. The van der Waals surface area contributed by atoms with Gasteiger partial charge in [0.1, 0.15) is 0 Å². The van der Waals surface area contributed by atoms with E-state index < -0.39 is 10.0 Å². The first-order valence-electron chi connectivity index (χ1n) is 7.97. The molecule has 1 heterocycles. The molecule has 1 aliphatic rings. The highest BCUT2D eigenvalue weighted by Gasteiger charge is 2.27. The molecule has 0 saturated heterocycles. The van der Waals surface area contributed by atoms with Crippen LogP contribution in [0.5, 0.6) is 0 Å². The monoisotopic (exact) mass is 352 g/mol. The summed E-state index contributed by atoms with van der Waals surface area (Å²) < 4.78 is 32.8. The molecule has 0 unspecified atom stereocenters. The molecule has 0 bridgehead atoms. The lowest BCUT2D eigenvalue weighted by atomic mass is 10.0. The summed E-state index contributed by atoms with van der Waals surface area (Å²) in [6.07, 6.45) is 0.729. The third kappa shape index (κ3) is 4.23. The molecule has 0 aromatic heterocycles. The minimum absolute atomic E-state index is 0.130. The summed E-state index contributed by atoms with van der Waals surface area (Å²) >= 11 is 0. The molecule has 7 heteroatoms. The van der Waals surface area contributed by atoms with E-state index >= 15 is 0 Å². The summed E-state index contributed by atoms with van der Waals surface area (Å²) in [5.74, 6) is -0.196. The van der Waals surface area contributed by atoms with Crippen molar-refractivity contribution in [1.29, 1.82) is 0 Å². The van der Waals surface area contributed by atoms with Gasteiger partial charge in [0.2, 0.25) is 10.0 Å². The van der Waals surface area contributed by atoms with Crippen LogP contribution in [0.4, 0.5) is 5.69 Å². The molecule has 24 heavy (non-hydrogen) atoms. The first kappa shape index (κ1) is 18.6. The topological polar surface area (TPSA) is 84.5 Å². The number of amides is 1. The summed E-state index contributed by atoms with van der Waals surface area (Å²) in [7, 11) is -3.62. The third-order valence-electron chi connectivity index (χ3n) is 3.61. The van der Waals surface area contributed by atoms with Crippen LogP contribution in [0.2, 0.25) is 0 Å². The molecule has 2 rings (SSSR count). The Morgan fingerprint density at radius 3 is 2.62 bits per heavy atom. The maximum absolute atomic E-state index is 12.4. The molecule has 0 fully saturated rings. The van der Waals surface area contributed by atoms with Crippen molar-refractivity contribution in [3.05, 3.63) is 29.3 Å². The minimum Gasteiger partial charge on any atom is -0.379 e. The van der Waals surface area contributed by atoms with Crippen molar-refractivity contribution >= 4 is 27.2 Å². The van der Waals surface area contributed by atoms with Gasteiger partial charge in [-0.1, -0.05) is 5.57 Å². The summed E-state index contributed by atoms with van der Waals surface area (Å²) in [6.45, 7) is 8.34. The van der Waals surface area contributed by atoms with Crippen molar-refractivity contribution in [3.8, 4) is 0 Å². The van der Waals surface area contributed by atoms with Gasteiger partial charge >= 0.3 is 0 Å². The lowest BCUT2D eigenvalue weighted by Gasteiger charge is -2.10. The second-order valence-corrected chi connectivity index (χ2v) is 7.97. The molecule has 1 aliphatic heterocycles. The molecule has 1 aromatic carbocycles. The number of allylic oxidation sites excluding steroid dienone is 1. The minimum atomic E-state index is -3.62. The van der Waals surface area contributed by atoms with Crippen LogP contribution in [-0.4, -0.2) is 33.6 Å². The summed E-state index contributed by atoms with van der Waals surface area (Å²) in [5.41, 5.74) is 2.65. The van der Waals surface area contributed by atoms with Crippen molar-refractivity contribution in [2.75, 3.05) is 18.5 Å². The van der Waals surface area contributed by atoms with E-state index in [0.717, 1.165) is 5.57 Å². The predicted molar refractivity (Wildman–Crippen MR) is 94.2 cm³/mol. The Hall–Kier alpha value is -1.70. The molecular formula is C17H24N2O4S. The lowest BCUT2D eigenvalue weighted by molar-refractivity contribution is -0.110. The van der Waals surface area contributed by atoms with Crippen LogP contribution in [0.1, 0.15) is 39.7 Å². The van der Waals surface area contributed by atoms with Crippen molar-refractivity contribution in [3.63, 3.8) is 0 Å². The number of hydrogen-bond donors (Lipinski definition) is 2. The van der Waals surface area contributed by atoms with Gasteiger partial charge in [-0.3, -0.25) is 4.79 Å². The number of fused-ring (bicyclic) bond motifs is 1. The number of benzene rings is 1. The molecule has 1 aromatic rings. The number of ether oxygens (including phenoxy) is 1. The molecular weight excluding hydrogens is 328 g/mol. The Morgan fingerprint density at radius 2 is 2.00 bits per heavy atom. The first-order valence-corrected chi connectivity index (χ1v) is 9.45. The molecule has 0 spiro atoms. The smallest absolute Gasteiger partial charge is 0.256 e. The zero-order valence-corrected chi connectivity index (χ0v) is 15.3. The van der Waals surface area contributed by atoms with Crippen LogP contribution >= 0.6 is 0 Å². The third-order valence-corrected chi connectivity index (χ3v) is 5.07. The molecule has 1 amide bonds. The first-order chi connectivity index (χ1) is 11.2. The summed E-state index contributed by atoms with van der Waals surface area (Å²) in [5, 5.41) is 2.75. The average molecular weight is 352 g/mol. The lowest BCUT2D eigenvalue weighted by Crippen LogP contribution is -2.26. The van der Waals surface area contributed by atoms with E-state index in [1.54, 1.807) is 12.1 Å². The molecule has 6 nitrogen and oxygen atoms in total. The Morgan fingerprint density at radius 1 is 1.29 bits per heavy atom. The van der Waals surface area contributed by atoms with E-state index in [0.29, 0.717) is 36.4 Å². The van der Waals surface area contributed by atoms with Gasteiger partial charge in [-0.2, -0.15) is 0 Å². The quantitative estimate of drug-likeness (QED) is 0.583. The van der Waals surface area contributed by atoms with E-state index in [9.17, 15) is 13.2 Å². The molecule has 0 saturated carbocycles. The van der Waals surface area contributed by atoms with Crippen molar-refractivity contribution in [1.82, 2.24) is 4.72 Å². The number of carbonyl (C=O) groups excluding carboxylic acids is 1. The zero-order chi connectivity index (χ0) is 17.9. The number of hydrogen-bond acceptors (Lipinski definition) is 4. The number of sulfonamides is 1. The largest absolute Gasteiger partial charge is 0.379 e. The van der Waals surface area contributed by atoms with Crippen LogP contribution in [0.3, 0.4) is 0 Å². The van der Waals surface area contributed by atoms with E-state index in [2.05, 4.69) is 10.0 Å². The number of carbonyl (C=O) groups is 1. The average Bonchev–Trinajstić information content (AvgIpc) is 2.81. The van der Waals surface area contributed by atoms with Gasteiger partial charge in [0.25, 0.3) is 5.91 Å². The standard InChI is InChI=1S/C17H24N2O4S/c1-11(2)16-14-10-13(6-7-15(14)19-17(16)20)24(21,22)18-8-5-9-23-12(3)4/h6-7,10,12,18H,5,8-9H2,1-4H3,(H,19,20). The Bertz CT molecular complexity index is 763. The molecule has 0 atom stereocenters. The highest BCUT2D eigenvalue weighted by atomic mass is 32.2. The molecule has 0 aliphatic carbocycles. The SMILES string of the molecule is CC(C)=C1C(=O)Nc2ccc(S(=O)(=O)NCCCOC(C)C)cc21. The zero-order valence-electron chi connectivity index (χ0n) is 14.5. The van der Waals surface area contributed by atoms with Crippen LogP contribution in [0.25, 0.3) is 5.57 Å². The fourth-order valence-electron chi connectivity index (χ4n) is 2.49. The highest BCUT2D eigenvalue weighted by Crippen LogP contribution is 2.35. The maximum atomic E-state index is 12.4. The van der Waals surface area contributed by atoms with Crippen LogP contribution in [0.15, 0.2) is 28.7 Å². The number of anilines is 1. The second-order valence-electron chi connectivity index (χ2n) is 6.21. The Kier molecular flexibility index (Phi) is 5.79. The van der Waals surface area contributed by atoms with E-state index in [-0.39, 0.29) is 16.9 Å². The predicted octanol–water partition coefficient (Wildman–Crippen LogP) is 2.53. The normalized spacial score (nSPS) is 14.0. The van der Waals surface area contributed by atoms with Gasteiger partial charge in [0.15, 0.2) is 0 Å². The van der Waals surface area contributed by atoms with Crippen LogP contribution in [0, 0.1) is 0 Å². The van der Waals surface area contributed by atoms with Crippen LogP contribution in [-0.2, 0) is 19.6 Å². The van der Waals surface area contributed by atoms with E-state index in [4.69, 9.17) is 4.74 Å². The Labute approximate surface area is 143 Å². The number of rotatable bonds is 7. The van der Waals surface area contributed by atoms with E-state index in [1.165, 1.54) is 6.07 Å². The van der Waals surface area contributed by atoms with Gasteiger partial charge in [-0.05, 0) is 52.3 Å². The fraction of sp³-hybridized carbons (Fsp3) is 0.471. The Balaban J connectivity index is 2.13. The summed E-state index contributed by atoms with van der Waals surface area (Å²) in [4.78, 5) is 12.1. The maximum Gasteiger partial charge on any atom is 0.256 e. The molecule has 2 N–H and O–H groups in total. The summed E-state index contributed by atoms with van der Waals surface area (Å²) in [6, 6.07) is 4.67. The second kappa shape index (κ2) is 7.46. The van der Waals surface area contributed by atoms with Gasteiger partial charge < -0.3 is 10.1 Å². The van der Waals surface area contributed by atoms with Gasteiger partial charge in [0, 0.05) is 30.0 Å². The van der Waals surface area contributed by atoms with Crippen molar-refractivity contribution < 1.29 is 17.9 Å². The molecule has 132 valence electrons. The van der Waals surface area contributed by atoms with Crippen molar-refractivity contribution in [2.24, 2.45) is 0 Å². The van der Waals surface area contributed by atoms with E-state index in [1.807, 2.05) is 27.7 Å². The fourth-order valence-corrected chi connectivity index (χ4v) is 3.59. The van der Waals surface area contributed by atoms with Crippen LogP contribution < -0.4 is 10.0 Å². The van der Waals surface area contributed by atoms with Gasteiger partial charge in [-0.25, -0.2) is 13.1 Å². The number of nitrogens with one attached hydrogen (secondary N) is 2. The van der Waals surface area contributed by atoms with Crippen molar-refractivity contribution in [2.45, 2.75) is 45.1 Å². The van der Waals surface area contributed by atoms with Gasteiger partial charge in [-0.15, -0.1) is 0 Å².